The molecule has 0 spiro atoms. The Morgan fingerprint density at radius 2 is 1.81 bits per heavy atom. The zero-order valence-corrected chi connectivity index (χ0v) is 8.60. The molecule has 80 valence electrons. The van der Waals surface area contributed by atoms with E-state index >= 15 is 0 Å². The van der Waals surface area contributed by atoms with Crippen LogP contribution in [0.1, 0.15) is 21.5 Å². The molecule has 3 rings (SSSR count). The summed E-state index contributed by atoms with van der Waals surface area (Å²) in [6.45, 7) is 1.07. The van der Waals surface area contributed by atoms with Gasteiger partial charge in [-0.05, 0) is 24.3 Å². The third-order valence-electron chi connectivity index (χ3n) is 2.68. The molecule has 0 unspecified atom stereocenters. The molecule has 0 fully saturated rings. The summed E-state index contributed by atoms with van der Waals surface area (Å²) in [6, 6.07) is 1.80. The number of benzene rings is 1. The maximum atomic E-state index is 11.0. The molecule has 0 saturated carbocycles. The first-order chi connectivity index (χ1) is 7.90. The van der Waals surface area contributed by atoms with Gasteiger partial charge in [0.05, 0.1) is 11.1 Å². The molecule has 3 nitrogen and oxygen atoms in total. The van der Waals surface area contributed by atoms with Crippen molar-refractivity contribution < 1.29 is 14.3 Å². The molecule has 0 saturated heterocycles. The first-order valence-electron chi connectivity index (χ1n) is 5.15. The van der Waals surface area contributed by atoms with Crippen LogP contribution in [0.15, 0.2) is 18.2 Å². The van der Waals surface area contributed by atoms with Gasteiger partial charge in [-0.2, -0.15) is 0 Å². The molecule has 0 aliphatic carbocycles. The van der Waals surface area contributed by atoms with E-state index in [4.69, 9.17) is 9.47 Å². The van der Waals surface area contributed by atoms with Gasteiger partial charge in [-0.3, -0.25) is 4.79 Å². The van der Waals surface area contributed by atoms with Crippen molar-refractivity contribution in [3.05, 3.63) is 34.9 Å². The highest BCUT2D eigenvalue weighted by molar-refractivity contribution is 5.88. The molecular weight excluding hydrogens is 204 g/mol. The minimum absolute atomic E-state index is 0.502. The van der Waals surface area contributed by atoms with Crippen LogP contribution < -0.4 is 9.47 Å². The van der Waals surface area contributed by atoms with Gasteiger partial charge >= 0.3 is 0 Å². The van der Waals surface area contributed by atoms with Crippen LogP contribution in [0.5, 0.6) is 11.5 Å². The quantitative estimate of drug-likeness (QED) is 0.673. The second kappa shape index (κ2) is 3.52. The number of fused-ring (bicyclic) bond motifs is 3. The van der Waals surface area contributed by atoms with Crippen LogP contribution in [0.4, 0.5) is 0 Å². The lowest BCUT2D eigenvalue weighted by Crippen LogP contribution is -2.09. The van der Waals surface area contributed by atoms with Crippen molar-refractivity contribution in [2.45, 2.75) is 0 Å². The summed E-state index contributed by atoms with van der Waals surface area (Å²) in [5, 5.41) is 0. The van der Waals surface area contributed by atoms with Crippen LogP contribution in [0.2, 0.25) is 0 Å². The lowest BCUT2D eigenvalue weighted by Gasteiger charge is -2.21. The van der Waals surface area contributed by atoms with Crippen LogP contribution >= 0.6 is 0 Å². The second-order valence-corrected chi connectivity index (χ2v) is 3.67. The lowest BCUT2D eigenvalue weighted by molar-refractivity contribution is 0.112. The SMILES string of the molecule is O=Cc1cc2c(c3c1OCC=C3)OCC=C2. The van der Waals surface area contributed by atoms with Crippen molar-refractivity contribution in [3.8, 4) is 11.5 Å². The number of ether oxygens (including phenoxy) is 2. The van der Waals surface area contributed by atoms with Crippen LogP contribution in [0.25, 0.3) is 12.2 Å². The van der Waals surface area contributed by atoms with Crippen LogP contribution in [-0.2, 0) is 0 Å². The zero-order valence-electron chi connectivity index (χ0n) is 8.60. The largest absolute Gasteiger partial charge is 0.488 e. The summed E-state index contributed by atoms with van der Waals surface area (Å²) in [6.07, 6.45) is 8.58. The Labute approximate surface area is 93.0 Å². The van der Waals surface area contributed by atoms with E-state index in [0.717, 1.165) is 23.2 Å². The molecule has 0 N–H and O–H groups in total. The third kappa shape index (κ3) is 1.25. The Morgan fingerprint density at radius 1 is 1.06 bits per heavy atom. The van der Waals surface area contributed by atoms with E-state index in [2.05, 4.69) is 0 Å². The first-order valence-corrected chi connectivity index (χ1v) is 5.15. The molecule has 0 bridgehead atoms. The second-order valence-electron chi connectivity index (χ2n) is 3.67. The average Bonchev–Trinajstić information content (AvgIpc) is 2.38. The summed E-state index contributed by atoms with van der Waals surface area (Å²) < 4.78 is 11.1. The van der Waals surface area contributed by atoms with E-state index < -0.39 is 0 Å². The fourth-order valence-electron chi connectivity index (χ4n) is 2.00. The van der Waals surface area contributed by atoms with Gasteiger partial charge in [-0.25, -0.2) is 0 Å². The maximum absolute atomic E-state index is 11.0. The van der Waals surface area contributed by atoms with E-state index in [1.165, 1.54) is 0 Å². The Kier molecular flexibility index (Phi) is 2.03. The molecule has 3 heteroatoms. The van der Waals surface area contributed by atoms with Crippen molar-refractivity contribution in [1.29, 1.82) is 0 Å². The summed E-state index contributed by atoms with van der Waals surface area (Å²) in [5.41, 5.74) is 2.38. The molecular formula is C13H10O3. The normalized spacial score (nSPS) is 15.8. The summed E-state index contributed by atoms with van der Waals surface area (Å²) in [5.74, 6) is 1.44. The highest BCUT2D eigenvalue weighted by Gasteiger charge is 2.20. The summed E-state index contributed by atoms with van der Waals surface area (Å²) in [7, 11) is 0. The molecule has 1 aromatic carbocycles. The van der Waals surface area contributed by atoms with Gasteiger partial charge in [0.15, 0.2) is 6.29 Å². The van der Waals surface area contributed by atoms with Gasteiger partial charge in [0, 0.05) is 5.56 Å². The molecule has 16 heavy (non-hydrogen) atoms. The highest BCUT2D eigenvalue weighted by atomic mass is 16.5. The van der Waals surface area contributed by atoms with Gasteiger partial charge in [-0.15, -0.1) is 0 Å². The van der Waals surface area contributed by atoms with Gasteiger partial charge in [0.1, 0.15) is 24.7 Å². The van der Waals surface area contributed by atoms with E-state index in [1.54, 1.807) is 6.07 Å². The maximum Gasteiger partial charge on any atom is 0.153 e. The van der Waals surface area contributed by atoms with Crippen molar-refractivity contribution in [2.75, 3.05) is 13.2 Å². The number of aldehydes is 1. The van der Waals surface area contributed by atoms with E-state index in [0.29, 0.717) is 24.5 Å². The highest BCUT2D eigenvalue weighted by Crippen LogP contribution is 2.39. The predicted molar refractivity (Wildman–Crippen MR) is 60.9 cm³/mol. The Bertz CT molecular complexity index is 512. The molecule has 2 aliphatic heterocycles. The lowest BCUT2D eigenvalue weighted by atomic mass is 9.99. The van der Waals surface area contributed by atoms with Crippen molar-refractivity contribution in [1.82, 2.24) is 0 Å². The number of carbonyl (C=O) groups is 1. The Balaban J connectivity index is 2.31. The van der Waals surface area contributed by atoms with Crippen LogP contribution in [0, 0.1) is 0 Å². The molecule has 1 aromatic rings. The van der Waals surface area contributed by atoms with Gasteiger partial charge < -0.3 is 9.47 Å². The number of hydrogen-bond donors (Lipinski definition) is 0. The predicted octanol–water partition coefficient (Wildman–Crippen LogP) is 2.31. The van der Waals surface area contributed by atoms with Crippen molar-refractivity contribution in [3.63, 3.8) is 0 Å². The van der Waals surface area contributed by atoms with Crippen LogP contribution in [0.3, 0.4) is 0 Å². The smallest absolute Gasteiger partial charge is 0.153 e. The monoisotopic (exact) mass is 214 g/mol. The average molecular weight is 214 g/mol. The van der Waals surface area contributed by atoms with Crippen molar-refractivity contribution in [2.24, 2.45) is 0 Å². The summed E-state index contributed by atoms with van der Waals surface area (Å²) >= 11 is 0. The topological polar surface area (TPSA) is 35.5 Å². The number of hydrogen-bond acceptors (Lipinski definition) is 3. The molecule has 0 amide bonds. The van der Waals surface area contributed by atoms with Crippen molar-refractivity contribution >= 4 is 18.4 Å². The Hall–Kier alpha value is -2.03. The van der Waals surface area contributed by atoms with Gasteiger partial charge in [0.2, 0.25) is 0 Å². The summed E-state index contributed by atoms with van der Waals surface area (Å²) in [4.78, 5) is 11.0. The molecule has 0 radical (unpaired) electrons. The fourth-order valence-corrected chi connectivity index (χ4v) is 2.00. The van der Waals surface area contributed by atoms with E-state index in [1.807, 2.05) is 24.3 Å². The first kappa shape index (κ1) is 9.21. The zero-order chi connectivity index (χ0) is 11.0. The van der Waals surface area contributed by atoms with Crippen LogP contribution in [-0.4, -0.2) is 19.5 Å². The molecule has 0 atom stereocenters. The van der Waals surface area contributed by atoms with E-state index in [-0.39, 0.29) is 0 Å². The van der Waals surface area contributed by atoms with Gasteiger partial charge in [-0.1, -0.05) is 6.08 Å². The van der Waals surface area contributed by atoms with Gasteiger partial charge in [0.25, 0.3) is 0 Å². The molecule has 2 aliphatic rings. The standard InChI is InChI=1S/C13H10O3/c14-8-10-7-9-3-1-5-15-12(9)11-4-2-6-16-13(10)11/h1-4,7-8H,5-6H2. The number of carbonyl (C=O) groups excluding carboxylic acids is 1. The molecule has 2 heterocycles. The number of rotatable bonds is 1. The minimum atomic E-state index is 0.502. The van der Waals surface area contributed by atoms with E-state index in [9.17, 15) is 4.79 Å². The molecule has 0 aromatic heterocycles. The Morgan fingerprint density at radius 3 is 2.62 bits per heavy atom. The minimum Gasteiger partial charge on any atom is -0.488 e. The fraction of sp³-hybridized carbons (Fsp3) is 0.154. The third-order valence-corrected chi connectivity index (χ3v) is 2.68.